The zero-order valence-corrected chi connectivity index (χ0v) is 14.1. The van der Waals surface area contributed by atoms with Crippen molar-refractivity contribution in [3.05, 3.63) is 67.3 Å². The van der Waals surface area contributed by atoms with Crippen LogP contribution in [0.25, 0.3) is 0 Å². The number of thiophene rings is 1. The maximum Gasteiger partial charge on any atom is 0.216 e. The predicted octanol–water partition coefficient (Wildman–Crippen LogP) is 4.24. The highest BCUT2D eigenvalue weighted by molar-refractivity contribution is 9.10. The summed E-state index contributed by atoms with van der Waals surface area (Å²) in [6.45, 7) is 0. The Hall–Kier alpha value is -1.57. The number of benzene rings is 1. The molecule has 0 aliphatic carbocycles. The van der Waals surface area contributed by atoms with E-state index in [0.717, 1.165) is 15.9 Å². The Morgan fingerprint density at radius 1 is 1.33 bits per heavy atom. The molecule has 0 saturated heterocycles. The van der Waals surface area contributed by atoms with Crippen LogP contribution in [0, 0.1) is 4.77 Å². The predicted molar refractivity (Wildman–Crippen MR) is 91.7 cm³/mol. The molecule has 106 valence electrons. The van der Waals surface area contributed by atoms with Crippen molar-refractivity contribution in [2.24, 2.45) is 5.10 Å². The molecule has 3 rings (SSSR count). The highest BCUT2D eigenvalue weighted by atomic mass is 79.9. The zero-order valence-electron chi connectivity index (χ0n) is 10.9. The van der Waals surface area contributed by atoms with Crippen LogP contribution in [0.5, 0.6) is 0 Å². The molecule has 0 amide bonds. The number of aromatic nitrogens is 3. The standard InChI is InChI=1S/C14H11BrN4S2/c15-11-5-3-10(4-6-11)9-16-19-13(17-18-14(19)20)8-12-2-1-7-21-12/h1-7,9H,8H2,(H,18,20)/b16-9-. The first-order valence-electron chi connectivity index (χ1n) is 6.21. The van der Waals surface area contributed by atoms with Crippen LogP contribution < -0.4 is 0 Å². The highest BCUT2D eigenvalue weighted by Gasteiger charge is 2.06. The molecule has 0 spiro atoms. The van der Waals surface area contributed by atoms with Crippen LogP contribution in [-0.4, -0.2) is 21.1 Å². The van der Waals surface area contributed by atoms with Gasteiger partial charge in [-0.05, 0) is 41.4 Å². The second-order valence-electron chi connectivity index (χ2n) is 4.31. The van der Waals surface area contributed by atoms with Crippen LogP contribution in [-0.2, 0) is 6.42 Å². The van der Waals surface area contributed by atoms with Crippen molar-refractivity contribution in [2.75, 3.05) is 0 Å². The fourth-order valence-electron chi connectivity index (χ4n) is 1.80. The lowest BCUT2D eigenvalue weighted by Crippen LogP contribution is -1.99. The van der Waals surface area contributed by atoms with Gasteiger partial charge in [0.15, 0.2) is 5.82 Å². The van der Waals surface area contributed by atoms with Crippen molar-refractivity contribution >= 4 is 45.7 Å². The van der Waals surface area contributed by atoms with Gasteiger partial charge in [-0.15, -0.1) is 11.3 Å². The lowest BCUT2D eigenvalue weighted by atomic mass is 10.2. The Balaban J connectivity index is 1.86. The Morgan fingerprint density at radius 3 is 2.86 bits per heavy atom. The van der Waals surface area contributed by atoms with E-state index in [9.17, 15) is 0 Å². The first-order valence-corrected chi connectivity index (χ1v) is 8.29. The molecule has 0 unspecified atom stereocenters. The van der Waals surface area contributed by atoms with Gasteiger partial charge in [-0.1, -0.05) is 34.1 Å². The van der Waals surface area contributed by atoms with Crippen LogP contribution in [0.15, 0.2) is 51.4 Å². The van der Waals surface area contributed by atoms with Crippen molar-refractivity contribution in [1.29, 1.82) is 0 Å². The number of nitrogens with zero attached hydrogens (tertiary/aromatic N) is 3. The molecular weight excluding hydrogens is 368 g/mol. The first kappa shape index (κ1) is 14.4. The van der Waals surface area contributed by atoms with Crippen molar-refractivity contribution in [3.8, 4) is 0 Å². The van der Waals surface area contributed by atoms with Gasteiger partial charge in [0.2, 0.25) is 4.77 Å². The van der Waals surface area contributed by atoms with Gasteiger partial charge in [-0.25, -0.2) is 0 Å². The van der Waals surface area contributed by atoms with Gasteiger partial charge in [0.25, 0.3) is 0 Å². The van der Waals surface area contributed by atoms with E-state index in [1.807, 2.05) is 35.7 Å². The molecule has 0 fully saturated rings. The minimum Gasteiger partial charge on any atom is -0.250 e. The Morgan fingerprint density at radius 2 is 2.14 bits per heavy atom. The largest absolute Gasteiger partial charge is 0.250 e. The smallest absolute Gasteiger partial charge is 0.216 e. The van der Waals surface area contributed by atoms with Crippen molar-refractivity contribution in [1.82, 2.24) is 14.9 Å². The number of hydrogen-bond donors (Lipinski definition) is 1. The number of rotatable bonds is 4. The fourth-order valence-corrected chi connectivity index (χ4v) is 2.96. The van der Waals surface area contributed by atoms with E-state index in [1.54, 1.807) is 22.2 Å². The molecule has 0 aliphatic heterocycles. The molecular formula is C14H11BrN4S2. The molecule has 3 aromatic rings. The van der Waals surface area contributed by atoms with Crippen LogP contribution in [0.3, 0.4) is 0 Å². The van der Waals surface area contributed by atoms with Crippen LogP contribution in [0.4, 0.5) is 0 Å². The minimum atomic E-state index is 0.495. The van der Waals surface area contributed by atoms with Gasteiger partial charge in [-0.2, -0.15) is 14.9 Å². The second-order valence-corrected chi connectivity index (χ2v) is 6.64. The number of halogens is 1. The zero-order chi connectivity index (χ0) is 14.7. The molecule has 2 aromatic heterocycles. The SMILES string of the molecule is S=c1[nH]nc(Cc2cccs2)n1/N=C\c1ccc(Br)cc1. The lowest BCUT2D eigenvalue weighted by Gasteiger charge is -1.99. The van der Waals surface area contributed by atoms with E-state index < -0.39 is 0 Å². The van der Waals surface area contributed by atoms with E-state index >= 15 is 0 Å². The molecule has 0 aliphatic rings. The summed E-state index contributed by atoms with van der Waals surface area (Å²) in [6.07, 6.45) is 2.48. The van der Waals surface area contributed by atoms with Gasteiger partial charge in [0.1, 0.15) is 0 Å². The van der Waals surface area contributed by atoms with E-state index in [2.05, 4.69) is 37.3 Å². The summed E-state index contributed by atoms with van der Waals surface area (Å²) in [6, 6.07) is 12.0. The maximum absolute atomic E-state index is 5.23. The molecule has 0 atom stereocenters. The van der Waals surface area contributed by atoms with Crippen molar-refractivity contribution in [3.63, 3.8) is 0 Å². The van der Waals surface area contributed by atoms with E-state index in [-0.39, 0.29) is 0 Å². The minimum absolute atomic E-state index is 0.495. The molecule has 1 aromatic carbocycles. The van der Waals surface area contributed by atoms with E-state index in [4.69, 9.17) is 12.2 Å². The van der Waals surface area contributed by atoms with Gasteiger partial charge in [0, 0.05) is 15.8 Å². The van der Waals surface area contributed by atoms with Gasteiger partial charge < -0.3 is 0 Å². The van der Waals surface area contributed by atoms with Gasteiger partial charge in [-0.3, -0.25) is 5.10 Å². The van der Waals surface area contributed by atoms with Crippen LogP contribution in [0.2, 0.25) is 0 Å². The molecule has 0 bridgehead atoms. The summed E-state index contributed by atoms with van der Waals surface area (Å²) < 4.78 is 3.20. The normalized spacial score (nSPS) is 11.3. The third-order valence-corrected chi connectivity index (χ3v) is 4.49. The molecule has 0 saturated carbocycles. The summed E-state index contributed by atoms with van der Waals surface area (Å²) >= 11 is 10.3. The highest BCUT2D eigenvalue weighted by Crippen LogP contribution is 2.14. The number of aromatic amines is 1. The lowest BCUT2D eigenvalue weighted by molar-refractivity contribution is 0.795. The monoisotopic (exact) mass is 378 g/mol. The molecule has 1 N–H and O–H groups in total. The van der Waals surface area contributed by atoms with Crippen molar-refractivity contribution < 1.29 is 0 Å². The molecule has 4 nitrogen and oxygen atoms in total. The van der Waals surface area contributed by atoms with Gasteiger partial charge in [0.05, 0.1) is 6.21 Å². The quantitative estimate of drug-likeness (QED) is 0.545. The number of H-pyrrole nitrogens is 1. The van der Waals surface area contributed by atoms with Gasteiger partial charge >= 0.3 is 0 Å². The molecule has 21 heavy (non-hydrogen) atoms. The average Bonchev–Trinajstić information content (AvgIpc) is 3.10. The summed E-state index contributed by atoms with van der Waals surface area (Å²) in [5, 5.41) is 13.5. The Bertz CT molecular complexity index is 800. The van der Waals surface area contributed by atoms with Crippen LogP contribution >= 0.6 is 39.5 Å². The van der Waals surface area contributed by atoms with E-state index in [0.29, 0.717) is 11.2 Å². The summed E-state index contributed by atoms with van der Waals surface area (Å²) in [5.41, 5.74) is 1.00. The summed E-state index contributed by atoms with van der Waals surface area (Å²) in [7, 11) is 0. The topological polar surface area (TPSA) is 46.0 Å². The first-order chi connectivity index (χ1) is 10.2. The number of hydrogen-bond acceptors (Lipinski definition) is 4. The Kier molecular flexibility index (Phi) is 4.42. The van der Waals surface area contributed by atoms with Crippen LogP contribution in [0.1, 0.15) is 16.3 Å². The maximum atomic E-state index is 5.23. The molecule has 0 radical (unpaired) electrons. The summed E-state index contributed by atoms with van der Waals surface area (Å²) in [4.78, 5) is 1.23. The van der Waals surface area contributed by atoms with E-state index in [1.165, 1.54) is 4.88 Å². The average molecular weight is 379 g/mol. The third-order valence-electron chi connectivity index (χ3n) is 2.82. The Labute approximate surface area is 139 Å². The van der Waals surface area contributed by atoms with Crippen molar-refractivity contribution in [2.45, 2.75) is 6.42 Å². The molecule has 7 heteroatoms. The third kappa shape index (κ3) is 3.55. The second kappa shape index (κ2) is 6.46. The fraction of sp³-hybridized carbons (Fsp3) is 0.0714. The molecule has 2 heterocycles. The number of nitrogens with one attached hydrogen (secondary N) is 1. The summed E-state index contributed by atoms with van der Waals surface area (Å²) in [5.74, 6) is 0.802.